The second kappa shape index (κ2) is 3.53. The van der Waals surface area contributed by atoms with Crippen LogP contribution in [0.2, 0.25) is 0 Å². The molecule has 2 N–H and O–H groups in total. The van der Waals surface area contributed by atoms with E-state index in [1.807, 2.05) is 0 Å². The number of hydrogen-bond donors (Lipinski definition) is 2. The van der Waals surface area contributed by atoms with Gasteiger partial charge in [-0.05, 0) is 13.0 Å². The van der Waals surface area contributed by atoms with Gasteiger partial charge < -0.3 is 4.98 Å². The molecule has 0 amide bonds. The number of carbonyl (C=O) groups excluding carboxylic acids is 2. The first-order valence-electron chi connectivity index (χ1n) is 4.40. The Morgan fingerprint density at radius 3 is 2.87 bits per heavy atom. The van der Waals surface area contributed by atoms with Crippen molar-refractivity contribution in [1.82, 2.24) is 15.2 Å². The number of carbonyl (C=O) groups is 2. The number of nitrogens with one attached hydrogen (secondary N) is 2. The van der Waals surface area contributed by atoms with Crippen molar-refractivity contribution in [3.8, 4) is 0 Å². The first kappa shape index (κ1) is 9.39. The highest BCUT2D eigenvalue weighted by Gasteiger charge is 2.14. The Bertz CT molecular complexity index is 510. The zero-order valence-corrected chi connectivity index (χ0v) is 8.07. The SMILES string of the molecule is Cc1[nH]ncc1C(=O)c1c[nH]c(C=O)c1. The number of aryl methyl sites for hydroxylation is 1. The van der Waals surface area contributed by atoms with Crippen LogP contribution in [0.15, 0.2) is 18.5 Å². The maximum absolute atomic E-state index is 11.9. The molecule has 2 rings (SSSR count). The molecule has 15 heavy (non-hydrogen) atoms. The van der Waals surface area contributed by atoms with Gasteiger partial charge in [-0.2, -0.15) is 5.10 Å². The molecule has 5 heteroatoms. The highest BCUT2D eigenvalue weighted by atomic mass is 16.1. The van der Waals surface area contributed by atoms with E-state index in [9.17, 15) is 9.59 Å². The van der Waals surface area contributed by atoms with Crippen LogP contribution in [0.3, 0.4) is 0 Å². The topological polar surface area (TPSA) is 78.6 Å². The number of aromatic nitrogens is 3. The van der Waals surface area contributed by atoms with Gasteiger partial charge in [-0.15, -0.1) is 0 Å². The van der Waals surface area contributed by atoms with Crippen LogP contribution in [0.5, 0.6) is 0 Å². The third-order valence-electron chi connectivity index (χ3n) is 2.17. The maximum atomic E-state index is 11.9. The largest absolute Gasteiger partial charge is 0.358 e. The third kappa shape index (κ3) is 1.59. The minimum absolute atomic E-state index is 0.148. The average Bonchev–Trinajstić information content (AvgIpc) is 2.84. The van der Waals surface area contributed by atoms with Gasteiger partial charge in [-0.1, -0.05) is 0 Å². The number of hydrogen-bond acceptors (Lipinski definition) is 3. The van der Waals surface area contributed by atoms with Crippen molar-refractivity contribution in [1.29, 1.82) is 0 Å². The molecule has 0 bridgehead atoms. The first-order valence-corrected chi connectivity index (χ1v) is 4.40. The number of aromatic amines is 2. The summed E-state index contributed by atoms with van der Waals surface area (Å²) in [5, 5.41) is 6.46. The predicted molar refractivity (Wildman–Crippen MR) is 52.9 cm³/mol. The predicted octanol–water partition coefficient (Wildman–Crippen LogP) is 1.09. The summed E-state index contributed by atoms with van der Waals surface area (Å²) in [6, 6.07) is 1.52. The zero-order valence-electron chi connectivity index (χ0n) is 8.07. The fraction of sp³-hybridized carbons (Fsp3) is 0.100. The Labute approximate surface area is 85.5 Å². The highest BCUT2D eigenvalue weighted by molar-refractivity contribution is 6.10. The number of rotatable bonds is 3. The van der Waals surface area contributed by atoms with Gasteiger partial charge in [0.15, 0.2) is 12.1 Å². The molecule has 2 aromatic heterocycles. The molecule has 0 spiro atoms. The summed E-state index contributed by atoms with van der Waals surface area (Å²) < 4.78 is 0. The summed E-state index contributed by atoms with van der Waals surface area (Å²) in [6.45, 7) is 1.77. The summed E-state index contributed by atoms with van der Waals surface area (Å²) in [5.41, 5.74) is 2.08. The maximum Gasteiger partial charge on any atom is 0.197 e. The fourth-order valence-electron chi connectivity index (χ4n) is 1.35. The van der Waals surface area contributed by atoms with Crippen LogP contribution in [0.25, 0.3) is 0 Å². The normalized spacial score (nSPS) is 10.2. The first-order chi connectivity index (χ1) is 7.22. The molecular formula is C10H9N3O2. The Hall–Kier alpha value is -2.17. The third-order valence-corrected chi connectivity index (χ3v) is 2.17. The molecule has 2 aromatic rings. The standard InChI is InChI=1S/C10H9N3O2/c1-6-9(4-12-13-6)10(15)7-2-8(5-14)11-3-7/h2-5,11H,1H3,(H,12,13). The monoisotopic (exact) mass is 203 g/mol. The van der Waals surface area contributed by atoms with E-state index in [-0.39, 0.29) is 5.78 Å². The molecule has 0 radical (unpaired) electrons. The van der Waals surface area contributed by atoms with Crippen molar-refractivity contribution in [3.63, 3.8) is 0 Å². The van der Waals surface area contributed by atoms with Gasteiger partial charge in [0.25, 0.3) is 0 Å². The van der Waals surface area contributed by atoms with Gasteiger partial charge in [-0.3, -0.25) is 14.7 Å². The number of ketones is 1. The van der Waals surface area contributed by atoms with Gasteiger partial charge in [0, 0.05) is 17.5 Å². The van der Waals surface area contributed by atoms with E-state index in [0.29, 0.717) is 28.8 Å². The minimum atomic E-state index is -0.148. The van der Waals surface area contributed by atoms with Crippen LogP contribution in [0.4, 0.5) is 0 Å². The second-order valence-corrected chi connectivity index (χ2v) is 3.20. The molecule has 0 aliphatic rings. The molecule has 0 saturated carbocycles. The van der Waals surface area contributed by atoms with Crippen LogP contribution >= 0.6 is 0 Å². The van der Waals surface area contributed by atoms with Crippen molar-refractivity contribution in [3.05, 3.63) is 41.0 Å². The Kier molecular flexibility index (Phi) is 2.21. The van der Waals surface area contributed by atoms with Crippen LogP contribution in [0, 0.1) is 6.92 Å². The van der Waals surface area contributed by atoms with Crippen molar-refractivity contribution < 1.29 is 9.59 Å². The number of H-pyrrole nitrogens is 2. The van der Waals surface area contributed by atoms with Gasteiger partial charge in [0.2, 0.25) is 0 Å². The van der Waals surface area contributed by atoms with Crippen LogP contribution in [-0.2, 0) is 0 Å². The summed E-state index contributed by atoms with van der Waals surface area (Å²) in [6.07, 6.45) is 3.66. The Balaban J connectivity index is 2.36. The Morgan fingerprint density at radius 2 is 2.33 bits per heavy atom. The van der Waals surface area contributed by atoms with E-state index >= 15 is 0 Å². The lowest BCUT2D eigenvalue weighted by Gasteiger charge is -1.93. The van der Waals surface area contributed by atoms with Crippen molar-refractivity contribution in [2.24, 2.45) is 0 Å². The van der Waals surface area contributed by atoms with Crippen LogP contribution in [0.1, 0.15) is 32.1 Å². The van der Waals surface area contributed by atoms with Gasteiger partial charge in [0.1, 0.15) is 0 Å². The fourth-order valence-corrected chi connectivity index (χ4v) is 1.35. The highest BCUT2D eigenvalue weighted by Crippen LogP contribution is 2.12. The summed E-state index contributed by atoms with van der Waals surface area (Å²) in [5.74, 6) is -0.148. The zero-order chi connectivity index (χ0) is 10.8. The van der Waals surface area contributed by atoms with Gasteiger partial charge in [0.05, 0.1) is 17.5 Å². The molecule has 0 unspecified atom stereocenters. The van der Waals surface area contributed by atoms with E-state index in [0.717, 1.165) is 0 Å². The molecule has 0 fully saturated rings. The number of nitrogens with zero attached hydrogens (tertiary/aromatic N) is 1. The van der Waals surface area contributed by atoms with Crippen LogP contribution in [-0.4, -0.2) is 27.3 Å². The molecular weight excluding hydrogens is 194 g/mol. The molecule has 5 nitrogen and oxygen atoms in total. The van der Waals surface area contributed by atoms with Crippen molar-refractivity contribution >= 4 is 12.1 Å². The smallest absolute Gasteiger partial charge is 0.197 e. The summed E-state index contributed by atoms with van der Waals surface area (Å²) in [7, 11) is 0. The van der Waals surface area contributed by atoms with E-state index in [1.165, 1.54) is 18.5 Å². The lowest BCUT2D eigenvalue weighted by Crippen LogP contribution is -2.00. The van der Waals surface area contributed by atoms with Crippen molar-refractivity contribution in [2.45, 2.75) is 6.92 Å². The van der Waals surface area contributed by atoms with E-state index < -0.39 is 0 Å². The molecule has 0 aliphatic heterocycles. The molecule has 0 saturated heterocycles. The minimum Gasteiger partial charge on any atom is -0.358 e. The lowest BCUT2D eigenvalue weighted by atomic mass is 10.1. The van der Waals surface area contributed by atoms with E-state index in [2.05, 4.69) is 15.2 Å². The quantitative estimate of drug-likeness (QED) is 0.579. The lowest BCUT2D eigenvalue weighted by molar-refractivity contribution is 0.103. The van der Waals surface area contributed by atoms with E-state index in [1.54, 1.807) is 6.92 Å². The summed E-state index contributed by atoms with van der Waals surface area (Å²) >= 11 is 0. The number of aldehydes is 1. The molecule has 76 valence electrons. The van der Waals surface area contributed by atoms with Crippen LogP contribution < -0.4 is 0 Å². The van der Waals surface area contributed by atoms with Crippen molar-refractivity contribution in [2.75, 3.05) is 0 Å². The Morgan fingerprint density at radius 1 is 1.53 bits per heavy atom. The molecule has 0 atom stereocenters. The second-order valence-electron chi connectivity index (χ2n) is 3.20. The molecule has 0 aromatic carbocycles. The van der Waals surface area contributed by atoms with E-state index in [4.69, 9.17) is 0 Å². The molecule has 2 heterocycles. The van der Waals surface area contributed by atoms with Gasteiger partial charge >= 0.3 is 0 Å². The van der Waals surface area contributed by atoms with Gasteiger partial charge in [-0.25, -0.2) is 0 Å². The molecule has 0 aliphatic carbocycles. The average molecular weight is 203 g/mol. The summed E-state index contributed by atoms with van der Waals surface area (Å²) in [4.78, 5) is 25.0.